The summed E-state index contributed by atoms with van der Waals surface area (Å²) < 4.78 is 23.5. The summed E-state index contributed by atoms with van der Waals surface area (Å²) in [6.07, 6.45) is 4.98. The van der Waals surface area contributed by atoms with E-state index in [0.717, 1.165) is 12.8 Å². The molecule has 20 heavy (non-hydrogen) atoms. The lowest BCUT2D eigenvalue weighted by Crippen LogP contribution is -2.43. The van der Waals surface area contributed by atoms with Crippen LogP contribution in [0.4, 0.5) is 0 Å². The van der Waals surface area contributed by atoms with Crippen molar-refractivity contribution in [2.24, 2.45) is 0 Å². The second kappa shape index (κ2) is 6.82. The molecule has 0 aliphatic heterocycles. The molecule has 0 aromatic carbocycles. The minimum Gasteiger partial charge on any atom is -0.411 e. The monoisotopic (exact) mass is 317 g/mol. The molecular formula is C15H30O3PSi+. The first-order valence-electron chi connectivity index (χ1n) is 7.50. The van der Waals surface area contributed by atoms with E-state index in [1.54, 1.807) is 0 Å². The molecule has 1 aliphatic carbocycles. The number of rotatable bonds is 6. The van der Waals surface area contributed by atoms with Gasteiger partial charge in [0.1, 0.15) is 6.10 Å². The highest BCUT2D eigenvalue weighted by molar-refractivity contribution is 7.39. The van der Waals surface area contributed by atoms with Crippen molar-refractivity contribution in [2.45, 2.75) is 77.8 Å². The molecule has 3 nitrogen and oxygen atoms in total. The van der Waals surface area contributed by atoms with Crippen LogP contribution in [-0.2, 0) is 13.5 Å². The Kier molecular flexibility index (Phi) is 6.15. The molecule has 1 rings (SSSR count). The van der Waals surface area contributed by atoms with Crippen LogP contribution in [0.25, 0.3) is 0 Å². The average Bonchev–Trinajstić information content (AvgIpc) is 2.61. The SMILES string of the molecule is CC(C)O[P+](=O)CC1=CC(O[Si](C)(C)C(C)(C)C)CC1. The lowest BCUT2D eigenvalue weighted by Gasteiger charge is -2.38. The first kappa shape index (κ1) is 18.0. The van der Waals surface area contributed by atoms with Gasteiger partial charge in [-0.25, -0.2) is 0 Å². The quantitative estimate of drug-likeness (QED) is 0.380. The molecule has 0 spiro atoms. The largest absolute Gasteiger partial charge is 0.512 e. The fourth-order valence-electron chi connectivity index (χ4n) is 1.98. The van der Waals surface area contributed by atoms with Crippen molar-refractivity contribution in [3.8, 4) is 0 Å². The van der Waals surface area contributed by atoms with E-state index in [9.17, 15) is 4.57 Å². The Bertz CT molecular complexity index is 383. The molecule has 0 saturated carbocycles. The Morgan fingerprint density at radius 3 is 2.50 bits per heavy atom. The lowest BCUT2D eigenvalue weighted by atomic mass is 10.2. The van der Waals surface area contributed by atoms with E-state index < -0.39 is 16.3 Å². The second-order valence-electron chi connectivity index (χ2n) is 7.43. The minimum absolute atomic E-state index is 0.0277. The Morgan fingerprint density at radius 2 is 2.00 bits per heavy atom. The van der Waals surface area contributed by atoms with Crippen LogP contribution in [0.2, 0.25) is 18.1 Å². The summed E-state index contributed by atoms with van der Waals surface area (Å²) in [5.74, 6) is 0. The number of allylic oxidation sites excluding steroid dienone is 1. The van der Waals surface area contributed by atoms with E-state index in [1.807, 2.05) is 13.8 Å². The molecule has 0 aromatic heterocycles. The predicted molar refractivity (Wildman–Crippen MR) is 88.1 cm³/mol. The van der Waals surface area contributed by atoms with Gasteiger partial charge in [-0.15, -0.1) is 4.52 Å². The topological polar surface area (TPSA) is 35.5 Å². The number of hydrogen-bond acceptors (Lipinski definition) is 3. The van der Waals surface area contributed by atoms with Crippen LogP contribution in [0.1, 0.15) is 47.5 Å². The molecule has 0 fully saturated rings. The Labute approximate surface area is 126 Å². The third-order valence-electron chi connectivity index (χ3n) is 4.08. The third kappa shape index (κ3) is 5.40. The standard InChI is InChI=1S/C15H30O3PSi/c1-12(2)17-19(16)11-13-8-9-14(10-13)18-20(6,7)15(3,4)5/h10,12,14H,8-9,11H2,1-7H3/q+1. The van der Waals surface area contributed by atoms with Crippen molar-refractivity contribution in [3.63, 3.8) is 0 Å². The molecule has 2 atom stereocenters. The van der Waals surface area contributed by atoms with Crippen LogP contribution in [0.5, 0.6) is 0 Å². The zero-order valence-electron chi connectivity index (χ0n) is 14.0. The van der Waals surface area contributed by atoms with Gasteiger partial charge >= 0.3 is 8.03 Å². The van der Waals surface area contributed by atoms with Crippen LogP contribution in [-0.4, -0.2) is 26.7 Å². The maximum Gasteiger partial charge on any atom is 0.512 e. The van der Waals surface area contributed by atoms with E-state index in [2.05, 4.69) is 39.9 Å². The highest BCUT2D eigenvalue weighted by atomic mass is 31.1. The summed E-state index contributed by atoms with van der Waals surface area (Å²) in [4.78, 5) is 0. The van der Waals surface area contributed by atoms with Crippen LogP contribution < -0.4 is 0 Å². The summed E-state index contributed by atoms with van der Waals surface area (Å²) in [6.45, 7) is 15.2. The zero-order valence-corrected chi connectivity index (χ0v) is 15.9. The highest BCUT2D eigenvalue weighted by Crippen LogP contribution is 2.40. The van der Waals surface area contributed by atoms with E-state index in [-0.39, 0.29) is 17.2 Å². The van der Waals surface area contributed by atoms with Gasteiger partial charge in [0.25, 0.3) is 0 Å². The first-order valence-corrected chi connectivity index (χ1v) is 11.8. The molecule has 116 valence electrons. The molecule has 0 heterocycles. The Hall–Kier alpha value is -0.0231. The Morgan fingerprint density at radius 1 is 1.40 bits per heavy atom. The number of hydrogen-bond donors (Lipinski definition) is 0. The van der Waals surface area contributed by atoms with Gasteiger partial charge in [-0.1, -0.05) is 26.8 Å². The molecule has 5 heteroatoms. The van der Waals surface area contributed by atoms with Crippen LogP contribution in [0.3, 0.4) is 0 Å². The van der Waals surface area contributed by atoms with Crippen LogP contribution >= 0.6 is 8.03 Å². The van der Waals surface area contributed by atoms with Crippen LogP contribution in [0.15, 0.2) is 11.6 Å². The maximum atomic E-state index is 11.8. The Balaban J connectivity index is 2.55. The molecule has 1 aliphatic rings. The zero-order chi connectivity index (χ0) is 15.6. The van der Waals surface area contributed by atoms with Gasteiger partial charge in [0, 0.05) is 0 Å². The molecule has 0 aromatic rings. The smallest absolute Gasteiger partial charge is 0.411 e. The van der Waals surface area contributed by atoms with Crippen molar-refractivity contribution in [1.82, 2.24) is 0 Å². The fraction of sp³-hybridized carbons (Fsp3) is 0.867. The third-order valence-corrected chi connectivity index (χ3v) is 9.91. The maximum absolute atomic E-state index is 11.8. The van der Waals surface area contributed by atoms with Gasteiger partial charge in [-0.2, -0.15) is 0 Å². The van der Waals surface area contributed by atoms with Gasteiger partial charge in [-0.3, -0.25) is 0 Å². The molecule has 2 unspecified atom stereocenters. The molecular weight excluding hydrogens is 287 g/mol. The normalized spacial score (nSPS) is 21.3. The van der Waals surface area contributed by atoms with Crippen LogP contribution in [0, 0.1) is 0 Å². The van der Waals surface area contributed by atoms with Gasteiger partial charge in [0.15, 0.2) is 14.5 Å². The average molecular weight is 317 g/mol. The van der Waals surface area contributed by atoms with E-state index in [4.69, 9.17) is 8.95 Å². The summed E-state index contributed by atoms with van der Waals surface area (Å²) in [5.41, 5.74) is 1.23. The minimum atomic E-state index is -1.71. The summed E-state index contributed by atoms with van der Waals surface area (Å²) >= 11 is 0. The van der Waals surface area contributed by atoms with E-state index in [0.29, 0.717) is 6.16 Å². The summed E-state index contributed by atoms with van der Waals surface area (Å²) in [5, 5.41) is 0.232. The predicted octanol–water partition coefficient (Wildman–Crippen LogP) is 5.26. The summed E-state index contributed by atoms with van der Waals surface area (Å²) in [7, 11) is -3.28. The van der Waals surface area contributed by atoms with Gasteiger partial charge in [-0.05, 0) is 55.0 Å². The fourth-order valence-corrected chi connectivity index (χ4v) is 4.41. The van der Waals surface area contributed by atoms with Gasteiger partial charge in [0.2, 0.25) is 0 Å². The molecule has 0 bridgehead atoms. The highest BCUT2D eigenvalue weighted by Gasteiger charge is 2.39. The van der Waals surface area contributed by atoms with E-state index >= 15 is 0 Å². The molecule has 0 N–H and O–H groups in total. The first-order chi connectivity index (χ1) is 9.01. The molecule has 0 radical (unpaired) electrons. The van der Waals surface area contributed by atoms with Crippen molar-refractivity contribution < 1.29 is 13.5 Å². The van der Waals surface area contributed by atoms with Gasteiger partial charge < -0.3 is 4.43 Å². The summed E-state index contributed by atoms with van der Waals surface area (Å²) in [6, 6.07) is 0. The van der Waals surface area contributed by atoms with Crippen molar-refractivity contribution in [3.05, 3.63) is 11.6 Å². The molecule has 0 amide bonds. The van der Waals surface area contributed by atoms with Gasteiger partial charge in [0.05, 0.1) is 6.10 Å². The van der Waals surface area contributed by atoms with E-state index in [1.165, 1.54) is 5.57 Å². The van der Waals surface area contributed by atoms with Crippen molar-refractivity contribution >= 4 is 16.3 Å². The van der Waals surface area contributed by atoms with Crippen molar-refractivity contribution in [1.29, 1.82) is 0 Å². The molecule has 0 saturated heterocycles. The second-order valence-corrected chi connectivity index (χ2v) is 13.4. The lowest BCUT2D eigenvalue weighted by molar-refractivity contribution is 0.224. The van der Waals surface area contributed by atoms with Crippen molar-refractivity contribution in [2.75, 3.05) is 6.16 Å².